The minimum absolute atomic E-state index is 0.0899. The molecule has 3 N–H and O–H groups in total. The standard InChI is InChI=1S/C13H17N2O6/c1-3-21-13(18)11(14-8(2)16)12(17)9-5-4-6-10(7-9)15(19)20/h4-7,11-12,17,19H,3H2,1-2H3,(H,14,16)/q-1. The average molecular weight is 297 g/mol. The third-order valence-electron chi connectivity index (χ3n) is 2.65. The summed E-state index contributed by atoms with van der Waals surface area (Å²) in [4.78, 5) is 22.9. The maximum atomic E-state index is 11.8. The van der Waals surface area contributed by atoms with Gasteiger partial charge in [0.05, 0.1) is 12.3 Å². The zero-order valence-electron chi connectivity index (χ0n) is 11.6. The number of carbonyl (C=O) groups is 2. The van der Waals surface area contributed by atoms with E-state index in [4.69, 9.17) is 9.94 Å². The molecule has 1 amide bonds. The van der Waals surface area contributed by atoms with Crippen LogP contribution in [0.25, 0.3) is 0 Å². The number of anilines is 1. The van der Waals surface area contributed by atoms with Crippen molar-refractivity contribution in [2.24, 2.45) is 0 Å². The second-order valence-electron chi connectivity index (χ2n) is 4.24. The Bertz CT molecular complexity index is 505. The topological polar surface area (TPSA) is 122 Å². The Morgan fingerprint density at radius 1 is 1.48 bits per heavy atom. The molecule has 0 saturated heterocycles. The molecule has 0 spiro atoms. The summed E-state index contributed by atoms with van der Waals surface area (Å²) in [7, 11) is 0. The van der Waals surface area contributed by atoms with Gasteiger partial charge in [-0.15, -0.1) is 0 Å². The molecule has 1 rings (SSSR count). The van der Waals surface area contributed by atoms with Crippen LogP contribution in [0.5, 0.6) is 0 Å². The average Bonchev–Trinajstić information content (AvgIpc) is 2.44. The van der Waals surface area contributed by atoms with Crippen molar-refractivity contribution < 1.29 is 24.6 Å². The third-order valence-corrected chi connectivity index (χ3v) is 2.65. The predicted molar refractivity (Wildman–Crippen MR) is 73.3 cm³/mol. The molecule has 1 aromatic rings. The molecule has 0 bridgehead atoms. The molecule has 0 fully saturated rings. The molecule has 21 heavy (non-hydrogen) atoms. The molecule has 0 aliphatic carbocycles. The Balaban J connectivity index is 3.03. The first-order valence-corrected chi connectivity index (χ1v) is 6.24. The summed E-state index contributed by atoms with van der Waals surface area (Å²) < 4.78 is 4.79. The summed E-state index contributed by atoms with van der Waals surface area (Å²) in [6, 6.07) is 4.08. The number of hydrogen-bond acceptors (Lipinski definition) is 7. The molecule has 0 aromatic heterocycles. The molecule has 8 heteroatoms. The molecule has 116 valence electrons. The van der Waals surface area contributed by atoms with Crippen LogP contribution in [0.2, 0.25) is 0 Å². The summed E-state index contributed by atoms with van der Waals surface area (Å²) in [6.07, 6.45) is -1.42. The van der Waals surface area contributed by atoms with E-state index in [0.29, 0.717) is 0 Å². The number of nitrogens with one attached hydrogen (secondary N) is 1. The molecule has 0 aliphatic heterocycles. The van der Waals surface area contributed by atoms with Crippen LogP contribution in [0.1, 0.15) is 25.5 Å². The van der Waals surface area contributed by atoms with Crippen LogP contribution >= 0.6 is 0 Å². The van der Waals surface area contributed by atoms with Crippen molar-refractivity contribution in [2.45, 2.75) is 26.0 Å². The van der Waals surface area contributed by atoms with Gasteiger partial charge in [0.2, 0.25) is 5.91 Å². The van der Waals surface area contributed by atoms with Crippen LogP contribution in [0.15, 0.2) is 24.3 Å². The fraction of sp³-hybridized carbons (Fsp3) is 0.385. The number of amides is 1. The van der Waals surface area contributed by atoms with E-state index in [0.717, 1.165) is 0 Å². The molecule has 0 saturated carbocycles. The lowest BCUT2D eigenvalue weighted by Gasteiger charge is -2.25. The number of aliphatic hydroxyl groups excluding tert-OH is 1. The van der Waals surface area contributed by atoms with Gasteiger partial charge in [-0.25, -0.2) is 4.79 Å². The van der Waals surface area contributed by atoms with Gasteiger partial charge in [0.15, 0.2) is 6.04 Å². The van der Waals surface area contributed by atoms with Crippen molar-refractivity contribution in [3.8, 4) is 0 Å². The highest BCUT2D eigenvalue weighted by molar-refractivity contribution is 5.84. The van der Waals surface area contributed by atoms with E-state index in [1.165, 1.54) is 31.2 Å². The monoisotopic (exact) mass is 297 g/mol. The van der Waals surface area contributed by atoms with Gasteiger partial charge in [-0.2, -0.15) is 0 Å². The normalized spacial score (nSPS) is 13.2. The van der Waals surface area contributed by atoms with E-state index < -0.39 is 24.0 Å². The van der Waals surface area contributed by atoms with E-state index in [-0.39, 0.29) is 23.1 Å². The maximum Gasteiger partial charge on any atom is 0.331 e. The van der Waals surface area contributed by atoms with Gasteiger partial charge in [0.1, 0.15) is 6.10 Å². The quantitative estimate of drug-likeness (QED) is 0.515. The highest BCUT2D eigenvalue weighted by atomic mass is 16.8. The minimum Gasteiger partial charge on any atom is -0.733 e. The van der Waals surface area contributed by atoms with Crippen LogP contribution in [0.4, 0.5) is 5.69 Å². The number of esters is 1. The molecule has 0 radical (unpaired) electrons. The van der Waals surface area contributed by atoms with Gasteiger partial charge < -0.3 is 25.6 Å². The van der Waals surface area contributed by atoms with Crippen molar-refractivity contribution in [1.29, 1.82) is 0 Å². The zero-order chi connectivity index (χ0) is 16.0. The molecule has 2 atom stereocenters. The van der Waals surface area contributed by atoms with Crippen molar-refractivity contribution in [3.63, 3.8) is 0 Å². The summed E-state index contributed by atoms with van der Waals surface area (Å²) >= 11 is 0. The fourth-order valence-corrected chi connectivity index (χ4v) is 1.74. The Hall–Kier alpha value is -2.16. The van der Waals surface area contributed by atoms with E-state index in [2.05, 4.69) is 5.32 Å². The first-order chi connectivity index (χ1) is 9.86. The van der Waals surface area contributed by atoms with Crippen LogP contribution < -0.4 is 10.5 Å². The number of benzene rings is 1. The summed E-state index contributed by atoms with van der Waals surface area (Å²) in [5.41, 5.74) is 0.0613. The lowest BCUT2D eigenvalue weighted by Crippen LogP contribution is -2.45. The fourth-order valence-electron chi connectivity index (χ4n) is 1.74. The number of hydrogen-bond donors (Lipinski definition) is 3. The second kappa shape index (κ2) is 7.58. The van der Waals surface area contributed by atoms with E-state index in [9.17, 15) is 19.9 Å². The van der Waals surface area contributed by atoms with E-state index in [1.807, 2.05) is 0 Å². The Kier molecular flexibility index (Phi) is 6.10. The van der Waals surface area contributed by atoms with Crippen LogP contribution in [-0.2, 0) is 14.3 Å². The highest BCUT2D eigenvalue weighted by Gasteiger charge is 2.30. The van der Waals surface area contributed by atoms with Crippen LogP contribution in [-0.4, -0.2) is 34.8 Å². The number of aliphatic hydroxyl groups is 1. The lowest BCUT2D eigenvalue weighted by molar-refractivity contribution is -0.150. The van der Waals surface area contributed by atoms with E-state index >= 15 is 0 Å². The Morgan fingerprint density at radius 3 is 2.67 bits per heavy atom. The molecule has 8 nitrogen and oxygen atoms in total. The van der Waals surface area contributed by atoms with Crippen molar-refractivity contribution in [3.05, 3.63) is 35.0 Å². The van der Waals surface area contributed by atoms with Crippen LogP contribution in [0.3, 0.4) is 0 Å². The SMILES string of the molecule is CCOC(=O)C(NC(C)=O)C(O)c1cccc(N([O-])O)c1. The lowest BCUT2D eigenvalue weighted by atomic mass is 10.0. The largest absolute Gasteiger partial charge is 0.733 e. The first kappa shape index (κ1) is 16.9. The zero-order valence-corrected chi connectivity index (χ0v) is 11.6. The predicted octanol–water partition coefficient (Wildman–Crippen LogP) is 0.481. The molecule has 1 aromatic carbocycles. The minimum atomic E-state index is -1.42. The van der Waals surface area contributed by atoms with Gasteiger partial charge >= 0.3 is 5.97 Å². The van der Waals surface area contributed by atoms with Gasteiger partial charge in [0.25, 0.3) is 0 Å². The van der Waals surface area contributed by atoms with Gasteiger partial charge in [-0.1, -0.05) is 12.1 Å². The van der Waals surface area contributed by atoms with Crippen molar-refractivity contribution in [2.75, 3.05) is 11.8 Å². The van der Waals surface area contributed by atoms with Gasteiger partial charge in [-0.05, 0) is 24.6 Å². The Morgan fingerprint density at radius 2 is 2.14 bits per heavy atom. The molecule has 0 heterocycles. The maximum absolute atomic E-state index is 11.8. The molecule has 0 aliphatic rings. The molecular formula is C13H17N2O6-. The highest BCUT2D eigenvalue weighted by Crippen LogP contribution is 2.22. The summed E-state index contributed by atoms with van der Waals surface area (Å²) in [5, 5.41) is 31.8. The Labute approximate surface area is 121 Å². The third kappa shape index (κ3) is 4.71. The van der Waals surface area contributed by atoms with Crippen molar-refractivity contribution in [1.82, 2.24) is 5.32 Å². The summed E-state index contributed by atoms with van der Waals surface area (Å²) in [6.45, 7) is 2.88. The number of ether oxygens (including phenoxy) is 1. The van der Waals surface area contributed by atoms with Gasteiger partial charge in [0, 0.05) is 6.92 Å². The smallest absolute Gasteiger partial charge is 0.331 e. The first-order valence-electron chi connectivity index (χ1n) is 6.24. The van der Waals surface area contributed by atoms with E-state index in [1.54, 1.807) is 6.92 Å². The van der Waals surface area contributed by atoms with Crippen molar-refractivity contribution >= 4 is 17.6 Å². The molecular weight excluding hydrogens is 280 g/mol. The van der Waals surface area contributed by atoms with Gasteiger partial charge in [-0.3, -0.25) is 10.0 Å². The molecule has 2 unspecified atom stereocenters. The number of rotatable bonds is 6. The second-order valence-corrected chi connectivity index (χ2v) is 4.24. The number of carbonyl (C=O) groups excluding carboxylic acids is 2. The number of nitrogens with zero attached hydrogens (tertiary/aromatic N) is 1. The summed E-state index contributed by atoms with van der Waals surface area (Å²) in [5.74, 6) is -1.32. The van der Waals surface area contributed by atoms with Crippen LogP contribution in [0, 0.1) is 5.21 Å².